The number of rotatable bonds is 4. The lowest BCUT2D eigenvalue weighted by molar-refractivity contribution is -0.120. The predicted octanol–water partition coefficient (Wildman–Crippen LogP) is 4.98. The number of halogens is 3. The van der Waals surface area contributed by atoms with Crippen molar-refractivity contribution >= 4 is 52.1 Å². The van der Waals surface area contributed by atoms with Crippen LogP contribution in [0.4, 0.5) is 5.69 Å². The third kappa shape index (κ3) is 4.25. The van der Waals surface area contributed by atoms with Crippen molar-refractivity contribution in [2.45, 2.75) is 19.4 Å². The summed E-state index contributed by atoms with van der Waals surface area (Å²) < 4.78 is 0. The minimum absolute atomic E-state index is 0.0845. The molecule has 0 aromatic heterocycles. The Labute approximate surface area is 149 Å². The SMILES string of the molecule is O=C(CC1=Nc2ccc(Cl)cc2C1)NCc1cc(Cl)cc(Cl)c1. The van der Waals surface area contributed by atoms with Crippen LogP contribution in [-0.4, -0.2) is 11.6 Å². The number of carbonyl (C=O) groups is 1. The molecule has 3 rings (SSSR count). The molecule has 0 saturated heterocycles. The van der Waals surface area contributed by atoms with Crippen LogP contribution in [0.1, 0.15) is 17.5 Å². The highest BCUT2D eigenvalue weighted by Crippen LogP contribution is 2.29. The first kappa shape index (κ1) is 16.3. The number of fused-ring (bicyclic) bond motifs is 1. The summed E-state index contributed by atoms with van der Waals surface area (Å²) in [6.07, 6.45) is 0.924. The first-order valence-corrected chi connectivity index (χ1v) is 8.19. The van der Waals surface area contributed by atoms with Crippen LogP contribution in [0.3, 0.4) is 0 Å². The largest absolute Gasteiger partial charge is 0.352 e. The second-order valence-electron chi connectivity index (χ2n) is 5.36. The molecule has 0 atom stereocenters. The molecule has 0 fully saturated rings. The number of benzene rings is 2. The van der Waals surface area contributed by atoms with Gasteiger partial charge in [0.05, 0.1) is 12.1 Å². The highest BCUT2D eigenvalue weighted by molar-refractivity contribution is 6.34. The Kier molecular flexibility index (Phi) is 4.90. The molecule has 0 unspecified atom stereocenters. The van der Waals surface area contributed by atoms with Crippen LogP contribution in [0.5, 0.6) is 0 Å². The number of hydrogen-bond acceptors (Lipinski definition) is 2. The van der Waals surface area contributed by atoms with E-state index in [0.717, 1.165) is 22.5 Å². The van der Waals surface area contributed by atoms with Crippen molar-refractivity contribution < 1.29 is 4.79 Å². The average molecular weight is 368 g/mol. The highest BCUT2D eigenvalue weighted by atomic mass is 35.5. The lowest BCUT2D eigenvalue weighted by atomic mass is 10.1. The molecule has 1 amide bonds. The first-order chi connectivity index (χ1) is 11.0. The van der Waals surface area contributed by atoms with Gasteiger partial charge in [-0.25, -0.2) is 0 Å². The third-order valence-electron chi connectivity index (χ3n) is 3.49. The number of aliphatic imine (C=N–C) groups is 1. The van der Waals surface area contributed by atoms with Crippen molar-refractivity contribution in [2.75, 3.05) is 0 Å². The molecule has 1 aliphatic heterocycles. The maximum atomic E-state index is 12.1. The fraction of sp³-hybridized carbons (Fsp3) is 0.176. The second kappa shape index (κ2) is 6.91. The Morgan fingerprint density at radius 3 is 2.52 bits per heavy atom. The number of carbonyl (C=O) groups excluding carboxylic acids is 1. The Balaban J connectivity index is 1.56. The topological polar surface area (TPSA) is 41.5 Å². The third-order valence-corrected chi connectivity index (χ3v) is 4.16. The Bertz CT molecular complexity index is 782. The molecule has 0 saturated carbocycles. The Morgan fingerprint density at radius 2 is 1.78 bits per heavy atom. The van der Waals surface area contributed by atoms with E-state index in [1.807, 2.05) is 12.1 Å². The van der Waals surface area contributed by atoms with Gasteiger partial charge in [-0.3, -0.25) is 9.79 Å². The van der Waals surface area contributed by atoms with Crippen molar-refractivity contribution in [3.8, 4) is 0 Å². The van der Waals surface area contributed by atoms with Crippen molar-refractivity contribution in [1.29, 1.82) is 0 Å². The normalized spacial score (nSPS) is 12.7. The maximum Gasteiger partial charge on any atom is 0.225 e. The number of hydrogen-bond donors (Lipinski definition) is 1. The smallest absolute Gasteiger partial charge is 0.225 e. The predicted molar refractivity (Wildman–Crippen MR) is 95.2 cm³/mol. The summed E-state index contributed by atoms with van der Waals surface area (Å²) in [5.41, 5.74) is 3.64. The zero-order valence-electron chi connectivity index (χ0n) is 12.1. The molecule has 0 radical (unpaired) electrons. The van der Waals surface area contributed by atoms with Gasteiger partial charge >= 0.3 is 0 Å². The van der Waals surface area contributed by atoms with Crippen LogP contribution in [0.25, 0.3) is 0 Å². The van der Waals surface area contributed by atoms with Gasteiger partial charge in [0.2, 0.25) is 5.91 Å². The van der Waals surface area contributed by atoms with E-state index in [2.05, 4.69) is 10.3 Å². The van der Waals surface area contributed by atoms with Crippen LogP contribution in [0.2, 0.25) is 15.1 Å². The molecule has 6 heteroatoms. The molecular weight excluding hydrogens is 355 g/mol. The second-order valence-corrected chi connectivity index (χ2v) is 6.67. The molecule has 2 aromatic rings. The quantitative estimate of drug-likeness (QED) is 0.813. The van der Waals surface area contributed by atoms with Crippen LogP contribution < -0.4 is 5.32 Å². The van der Waals surface area contributed by atoms with Crippen LogP contribution in [0.15, 0.2) is 41.4 Å². The molecule has 0 bridgehead atoms. The number of nitrogens with zero attached hydrogens (tertiary/aromatic N) is 1. The molecule has 0 aliphatic carbocycles. The van der Waals surface area contributed by atoms with Gasteiger partial charge in [-0.1, -0.05) is 34.8 Å². The van der Waals surface area contributed by atoms with E-state index in [-0.39, 0.29) is 12.3 Å². The molecule has 1 N–H and O–H groups in total. The van der Waals surface area contributed by atoms with E-state index in [4.69, 9.17) is 34.8 Å². The van der Waals surface area contributed by atoms with Crippen LogP contribution in [0, 0.1) is 0 Å². The van der Waals surface area contributed by atoms with Gasteiger partial charge < -0.3 is 5.32 Å². The van der Waals surface area contributed by atoms with Crippen molar-refractivity contribution in [3.63, 3.8) is 0 Å². The minimum Gasteiger partial charge on any atom is -0.352 e. The summed E-state index contributed by atoms with van der Waals surface area (Å²) in [4.78, 5) is 16.5. The summed E-state index contributed by atoms with van der Waals surface area (Å²) in [6, 6.07) is 10.8. The van der Waals surface area contributed by atoms with Gasteiger partial charge in [-0.05, 0) is 47.5 Å². The van der Waals surface area contributed by atoms with Crippen LogP contribution >= 0.6 is 34.8 Å². The molecule has 1 heterocycles. The average Bonchev–Trinajstić information content (AvgIpc) is 2.85. The molecule has 3 nitrogen and oxygen atoms in total. The van der Waals surface area contributed by atoms with E-state index in [1.54, 1.807) is 24.3 Å². The summed E-state index contributed by atoms with van der Waals surface area (Å²) in [5.74, 6) is -0.0845. The lowest BCUT2D eigenvalue weighted by Crippen LogP contribution is -2.25. The Hall–Kier alpha value is -1.55. The standard InChI is InChI=1S/C17H13Cl3N2O/c18-12-1-2-16-11(5-12)6-15(22-16)8-17(23)21-9-10-3-13(19)7-14(20)4-10/h1-5,7H,6,8-9H2,(H,21,23). The molecule has 118 valence electrons. The molecule has 0 spiro atoms. The van der Waals surface area contributed by atoms with Gasteiger partial charge in [-0.2, -0.15) is 0 Å². The number of nitrogens with one attached hydrogen (secondary N) is 1. The monoisotopic (exact) mass is 366 g/mol. The highest BCUT2D eigenvalue weighted by Gasteiger charge is 2.17. The minimum atomic E-state index is -0.0845. The van der Waals surface area contributed by atoms with Gasteiger partial charge in [0, 0.05) is 33.7 Å². The first-order valence-electron chi connectivity index (χ1n) is 7.06. The van der Waals surface area contributed by atoms with E-state index in [0.29, 0.717) is 28.0 Å². The van der Waals surface area contributed by atoms with Gasteiger partial charge in [0.25, 0.3) is 0 Å². The lowest BCUT2D eigenvalue weighted by Gasteiger charge is -2.06. The van der Waals surface area contributed by atoms with Gasteiger partial charge in [0.15, 0.2) is 0 Å². The summed E-state index contributed by atoms with van der Waals surface area (Å²) >= 11 is 17.8. The molecule has 23 heavy (non-hydrogen) atoms. The van der Waals surface area contributed by atoms with E-state index < -0.39 is 0 Å². The molecular formula is C17H13Cl3N2O. The fourth-order valence-electron chi connectivity index (χ4n) is 2.50. The zero-order chi connectivity index (χ0) is 16.4. The summed E-state index contributed by atoms with van der Waals surface area (Å²) in [6.45, 7) is 0.380. The molecule has 1 aliphatic rings. The van der Waals surface area contributed by atoms with E-state index in [1.165, 1.54) is 0 Å². The fourth-order valence-corrected chi connectivity index (χ4v) is 3.26. The van der Waals surface area contributed by atoms with Crippen molar-refractivity contribution in [3.05, 3.63) is 62.6 Å². The Morgan fingerprint density at radius 1 is 1.04 bits per heavy atom. The maximum absolute atomic E-state index is 12.1. The molecule has 2 aromatic carbocycles. The van der Waals surface area contributed by atoms with E-state index >= 15 is 0 Å². The summed E-state index contributed by atoms with van der Waals surface area (Å²) in [5, 5.41) is 4.64. The van der Waals surface area contributed by atoms with E-state index in [9.17, 15) is 4.79 Å². The van der Waals surface area contributed by atoms with Crippen molar-refractivity contribution in [2.24, 2.45) is 4.99 Å². The number of amides is 1. The van der Waals surface area contributed by atoms with Crippen LogP contribution in [-0.2, 0) is 17.8 Å². The van der Waals surface area contributed by atoms with Crippen molar-refractivity contribution in [1.82, 2.24) is 5.32 Å². The summed E-state index contributed by atoms with van der Waals surface area (Å²) in [7, 11) is 0. The van der Waals surface area contributed by atoms with Gasteiger partial charge in [0.1, 0.15) is 0 Å². The van der Waals surface area contributed by atoms with Gasteiger partial charge in [-0.15, -0.1) is 0 Å². The zero-order valence-corrected chi connectivity index (χ0v) is 14.3.